The molecule has 4 nitrogen and oxygen atoms in total. The van der Waals surface area contributed by atoms with Gasteiger partial charge >= 0.3 is 62.4 Å². The van der Waals surface area contributed by atoms with Crippen LogP contribution in [-0.4, -0.2) is 74.0 Å². The van der Waals surface area contributed by atoms with Crippen LogP contribution < -0.4 is 10.2 Å². The van der Waals surface area contributed by atoms with Gasteiger partial charge in [-0.25, -0.2) is 0 Å². The van der Waals surface area contributed by atoms with Gasteiger partial charge in [0.05, 0.1) is 0 Å². The number of ketones is 2. The number of rotatable bonds is 2. The number of hydrogen-bond acceptors (Lipinski definition) is 4. The van der Waals surface area contributed by atoms with Crippen LogP contribution in [0.15, 0.2) is 23.7 Å². The van der Waals surface area contributed by atoms with E-state index in [1.54, 1.807) is 0 Å². The van der Waals surface area contributed by atoms with Crippen molar-refractivity contribution >= 4 is 49.3 Å². The molecule has 0 aliphatic heterocycles. The Labute approximate surface area is 170 Å². The molecule has 17 heteroatoms. The van der Waals surface area contributed by atoms with Crippen LogP contribution in [0.4, 0.5) is 52.7 Å². The predicted molar refractivity (Wildman–Crippen MR) is 56.2 cm³/mol. The maximum atomic E-state index is 11.3. The maximum absolute atomic E-state index is 11.3. The normalized spacial score (nSPS) is 13.9. The molecule has 0 amide bonds. The number of allylic oxidation sites excluding steroid dienone is 4. The van der Waals surface area contributed by atoms with Crippen molar-refractivity contribution in [3.05, 3.63) is 23.7 Å². The van der Waals surface area contributed by atoms with E-state index in [0.717, 1.165) is 0 Å². The summed E-state index contributed by atoms with van der Waals surface area (Å²) in [7, 11) is 0. The quantitative estimate of drug-likeness (QED) is 0.274. The Morgan fingerprint density at radius 3 is 0.815 bits per heavy atom. The van der Waals surface area contributed by atoms with E-state index in [-0.39, 0.29) is 37.7 Å². The molecule has 0 spiro atoms. The van der Waals surface area contributed by atoms with Gasteiger partial charge in [0, 0.05) is 0 Å². The summed E-state index contributed by atoms with van der Waals surface area (Å²) < 4.78 is 136. The zero-order valence-electron chi connectivity index (χ0n) is 12.0. The van der Waals surface area contributed by atoms with Gasteiger partial charge < -0.3 is 10.2 Å². The van der Waals surface area contributed by atoms with Gasteiger partial charge in [0.2, 0.25) is 0 Å². The van der Waals surface area contributed by atoms with E-state index in [9.17, 15) is 72.5 Å². The van der Waals surface area contributed by atoms with Gasteiger partial charge in [-0.2, -0.15) is 52.7 Å². The molecule has 0 N–H and O–H groups in total. The summed E-state index contributed by atoms with van der Waals surface area (Å²) in [5.41, 5.74) is 0. The number of carbonyl (C=O) groups excluding carboxylic acids is 2. The number of halogens is 12. The smallest absolute Gasteiger partial charge is 0.869 e. The molecule has 0 unspecified atom stereocenters. The maximum Gasteiger partial charge on any atom is 2.00 e. The molecule has 152 valence electrons. The van der Waals surface area contributed by atoms with E-state index >= 15 is 0 Å². The SMILES string of the molecule is O=C(C=C([O-])C(F)(F)F)C(F)(F)F.O=C(C=C([O-])C(F)(F)F)C(F)(F)F.[Ca+2]. The summed E-state index contributed by atoms with van der Waals surface area (Å²) in [6.45, 7) is 0. The van der Waals surface area contributed by atoms with Gasteiger partial charge in [0.15, 0.2) is 0 Å². The Balaban J connectivity index is -0.000000411. The third-order valence-corrected chi connectivity index (χ3v) is 1.64. The van der Waals surface area contributed by atoms with Gasteiger partial charge in [-0.15, -0.1) is 0 Å². The molecule has 0 rings (SSSR count). The molecular formula is C10H2CaF12O4. The first-order chi connectivity index (χ1) is 11.1. The molecule has 0 radical (unpaired) electrons. The summed E-state index contributed by atoms with van der Waals surface area (Å²) in [4.78, 5) is 19.6. The van der Waals surface area contributed by atoms with Crippen molar-refractivity contribution < 1.29 is 72.5 Å². The molecule has 0 heterocycles. The summed E-state index contributed by atoms with van der Waals surface area (Å²) >= 11 is 0. The van der Waals surface area contributed by atoms with Crippen LogP contribution >= 0.6 is 0 Å². The Kier molecular flexibility index (Phi) is 11.8. The first-order valence-corrected chi connectivity index (χ1v) is 5.24. The van der Waals surface area contributed by atoms with Crippen molar-refractivity contribution in [2.24, 2.45) is 0 Å². The van der Waals surface area contributed by atoms with E-state index < -0.39 is 59.9 Å². The summed E-state index contributed by atoms with van der Waals surface area (Å²) in [6, 6.07) is 0. The number of hydrogen-bond donors (Lipinski definition) is 0. The standard InChI is InChI=1S/2C5H2F6O2.Ca/c2*6-4(7,8)2(12)1-3(13)5(9,10)11;/h2*1,12H;/q;;+2/p-2. The minimum absolute atomic E-state index is 0. The van der Waals surface area contributed by atoms with Gasteiger partial charge in [0.1, 0.15) is 0 Å². The molecule has 0 aromatic carbocycles. The second-order valence-electron chi connectivity index (χ2n) is 3.74. The Morgan fingerprint density at radius 2 is 0.704 bits per heavy atom. The molecule has 0 aliphatic carbocycles. The Bertz CT molecular complexity index is 527. The van der Waals surface area contributed by atoms with Gasteiger partial charge in [0.25, 0.3) is 11.6 Å². The predicted octanol–water partition coefficient (Wildman–Crippen LogP) is 1.47. The first-order valence-electron chi connectivity index (χ1n) is 5.24. The van der Waals surface area contributed by atoms with Gasteiger partial charge in [-0.05, 0) is 23.7 Å². The van der Waals surface area contributed by atoms with E-state index in [1.807, 2.05) is 0 Å². The van der Waals surface area contributed by atoms with E-state index in [0.29, 0.717) is 0 Å². The third kappa shape index (κ3) is 13.6. The summed E-state index contributed by atoms with van der Waals surface area (Å²) in [5, 5.41) is 19.6. The van der Waals surface area contributed by atoms with E-state index in [4.69, 9.17) is 0 Å². The van der Waals surface area contributed by atoms with Crippen molar-refractivity contribution in [2.45, 2.75) is 24.7 Å². The largest absolute Gasteiger partial charge is 2.00 e. The molecule has 0 aromatic rings. The average molecular weight is 454 g/mol. The van der Waals surface area contributed by atoms with Crippen LogP contribution in [0.3, 0.4) is 0 Å². The molecule has 0 saturated heterocycles. The Hall–Kier alpha value is -1.16. The fraction of sp³-hybridized carbons (Fsp3) is 0.400. The van der Waals surface area contributed by atoms with Crippen molar-refractivity contribution in [1.82, 2.24) is 0 Å². The molecule has 0 aromatic heterocycles. The van der Waals surface area contributed by atoms with Crippen LogP contribution in [0.2, 0.25) is 0 Å². The van der Waals surface area contributed by atoms with Crippen molar-refractivity contribution in [3.8, 4) is 0 Å². The average Bonchev–Trinajstić information content (AvgIpc) is 2.34. The fourth-order valence-electron chi connectivity index (χ4n) is 0.565. The molecular weight excluding hydrogens is 452 g/mol. The van der Waals surface area contributed by atoms with Crippen LogP contribution in [0.25, 0.3) is 0 Å². The van der Waals surface area contributed by atoms with Gasteiger partial charge in [-0.3, -0.25) is 9.59 Å². The molecule has 0 bridgehead atoms. The second kappa shape index (κ2) is 10.4. The van der Waals surface area contributed by atoms with Crippen LogP contribution in [0.5, 0.6) is 0 Å². The summed E-state index contributed by atoms with van der Waals surface area (Å²) in [6.07, 6.45) is -23.9. The fourth-order valence-corrected chi connectivity index (χ4v) is 0.565. The number of carbonyl (C=O) groups is 2. The van der Waals surface area contributed by atoms with Crippen LogP contribution in [0.1, 0.15) is 0 Å². The zero-order chi connectivity index (χ0) is 21.7. The molecule has 27 heavy (non-hydrogen) atoms. The number of alkyl halides is 12. The minimum atomic E-state index is -5.46. The monoisotopic (exact) mass is 454 g/mol. The third-order valence-electron chi connectivity index (χ3n) is 1.64. The minimum Gasteiger partial charge on any atom is -0.869 e. The molecule has 0 saturated carbocycles. The van der Waals surface area contributed by atoms with Gasteiger partial charge in [-0.1, -0.05) is 0 Å². The van der Waals surface area contributed by atoms with E-state index in [1.165, 1.54) is 0 Å². The van der Waals surface area contributed by atoms with Crippen LogP contribution in [0, 0.1) is 0 Å². The van der Waals surface area contributed by atoms with Crippen molar-refractivity contribution in [1.29, 1.82) is 0 Å². The second-order valence-corrected chi connectivity index (χ2v) is 3.74. The Morgan fingerprint density at radius 1 is 0.519 bits per heavy atom. The first kappa shape index (κ1) is 30.6. The van der Waals surface area contributed by atoms with Crippen molar-refractivity contribution in [3.63, 3.8) is 0 Å². The van der Waals surface area contributed by atoms with Crippen molar-refractivity contribution in [2.75, 3.05) is 0 Å². The van der Waals surface area contributed by atoms with E-state index in [2.05, 4.69) is 0 Å². The molecule has 0 aliphatic rings. The molecule has 0 atom stereocenters. The van der Waals surface area contributed by atoms with Crippen LogP contribution in [-0.2, 0) is 9.59 Å². The molecule has 0 fully saturated rings. The summed E-state index contributed by atoms with van der Waals surface area (Å²) in [5.74, 6) is -11.3. The topological polar surface area (TPSA) is 80.3 Å². The zero-order valence-corrected chi connectivity index (χ0v) is 14.2.